The van der Waals surface area contributed by atoms with Crippen LogP contribution in [0.5, 0.6) is 0 Å². The highest BCUT2D eigenvalue weighted by molar-refractivity contribution is 7.27. The first kappa shape index (κ1) is 38.7. The molecule has 0 amide bonds. The van der Waals surface area contributed by atoms with Gasteiger partial charge in [0.15, 0.2) is 11.6 Å². The third-order valence-corrected chi connectivity index (χ3v) is 16.5. The normalized spacial score (nSPS) is 13.3. The second-order valence-electron chi connectivity index (χ2n) is 15.3. The Morgan fingerprint density at radius 2 is 1.13 bits per heavy atom. The van der Waals surface area contributed by atoms with E-state index in [1.165, 1.54) is 104 Å². The molecule has 2 nitrogen and oxygen atoms in total. The van der Waals surface area contributed by atoms with Crippen LogP contribution in [0.2, 0.25) is 0 Å². The molecule has 5 aromatic heterocycles. The molecule has 5 heterocycles. The van der Waals surface area contributed by atoms with Crippen molar-refractivity contribution in [1.29, 1.82) is 0 Å². The number of nitrogens with zero attached hydrogens (tertiary/aromatic N) is 2. The quantitative estimate of drug-likeness (QED) is 0.103. The van der Waals surface area contributed by atoms with Gasteiger partial charge in [-0.05, 0) is 123 Å². The van der Waals surface area contributed by atoms with Crippen LogP contribution in [0.25, 0.3) is 61.8 Å². The fourth-order valence-corrected chi connectivity index (χ4v) is 13.2. The topological polar surface area (TPSA) is 25.8 Å². The summed E-state index contributed by atoms with van der Waals surface area (Å²) in [5, 5.41) is 2.84. The molecular formula is C44H50F2N2S5. The number of fused-ring (bicyclic) bond motifs is 3. The van der Waals surface area contributed by atoms with E-state index in [4.69, 9.17) is 0 Å². The van der Waals surface area contributed by atoms with Crippen molar-refractivity contribution in [2.45, 2.75) is 120 Å². The summed E-state index contributed by atoms with van der Waals surface area (Å²) in [6.45, 7) is 17.8. The minimum Gasteiger partial charge on any atom is -0.203 e. The van der Waals surface area contributed by atoms with Gasteiger partial charge in [-0.15, -0.1) is 45.3 Å². The standard InChI is InChI=1S/C44H50F2N2S5/c1-9-11-13-23(3)15-17-29-31-21-27(7)49-43(31)30(18-16-24(4)14-12-10-2)32-22-35(52-44(29)32)42-26(6)20-34(51-42)37-39(46)38(45)36(40-41(37)48-53-47-40)33-19-25(5)28(8)50-33/h19-24H,9-18H2,1-8H3. The summed E-state index contributed by atoms with van der Waals surface area (Å²) < 4.78 is 44.5. The molecule has 2 atom stereocenters. The Bertz CT molecular complexity index is 2310. The first-order valence-corrected chi connectivity index (χ1v) is 23.3. The van der Waals surface area contributed by atoms with Gasteiger partial charge >= 0.3 is 0 Å². The lowest BCUT2D eigenvalue weighted by molar-refractivity contribution is 0.472. The van der Waals surface area contributed by atoms with Crippen molar-refractivity contribution in [3.05, 3.63) is 67.9 Å². The van der Waals surface area contributed by atoms with Crippen molar-refractivity contribution < 1.29 is 8.78 Å². The highest BCUT2D eigenvalue weighted by Gasteiger charge is 2.28. The smallest absolute Gasteiger partial charge is 0.170 e. The van der Waals surface area contributed by atoms with E-state index in [-0.39, 0.29) is 11.1 Å². The third-order valence-electron chi connectivity index (χ3n) is 11.1. The Morgan fingerprint density at radius 3 is 1.68 bits per heavy atom. The van der Waals surface area contributed by atoms with Crippen molar-refractivity contribution in [2.24, 2.45) is 11.8 Å². The lowest BCUT2D eigenvalue weighted by Crippen LogP contribution is -2.01. The molecule has 53 heavy (non-hydrogen) atoms. The number of aryl methyl sites for hydroxylation is 6. The van der Waals surface area contributed by atoms with Crippen molar-refractivity contribution in [2.75, 3.05) is 0 Å². The molecule has 0 aliphatic rings. The van der Waals surface area contributed by atoms with Gasteiger partial charge in [-0.3, -0.25) is 0 Å². The van der Waals surface area contributed by atoms with Crippen molar-refractivity contribution in [1.82, 2.24) is 8.75 Å². The number of benzene rings is 2. The van der Waals surface area contributed by atoms with E-state index >= 15 is 8.78 Å². The number of rotatable bonds is 15. The molecule has 0 fully saturated rings. The maximum atomic E-state index is 16.4. The third kappa shape index (κ3) is 7.54. The van der Waals surface area contributed by atoms with Gasteiger partial charge < -0.3 is 0 Å². The van der Waals surface area contributed by atoms with Crippen LogP contribution < -0.4 is 0 Å². The van der Waals surface area contributed by atoms with Gasteiger partial charge in [0.1, 0.15) is 11.0 Å². The maximum Gasteiger partial charge on any atom is 0.170 e. The summed E-state index contributed by atoms with van der Waals surface area (Å²) in [5.41, 5.74) is 6.44. The lowest BCUT2D eigenvalue weighted by atomic mass is 9.90. The van der Waals surface area contributed by atoms with Gasteiger partial charge in [-0.25, -0.2) is 8.78 Å². The van der Waals surface area contributed by atoms with Gasteiger partial charge in [0.2, 0.25) is 0 Å². The summed E-state index contributed by atoms with van der Waals surface area (Å²) in [5.74, 6) is -0.316. The minimum absolute atomic E-state index is 0.220. The first-order chi connectivity index (χ1) is 25.5. The van der Waals surface area contributed by atoms with Crippen LogP contribution in [0.1, 0.15) is 111 Å². The van der Waals surface area contributed by atoms with E-state index in [0.29, 0.717) is 32.6 Å². The van der Waals surface area contributed by atoms with E-state index in [0.717, 1.165) is 45.5 Å². The summed E-state index contributed by atoms with van der Waals surface area (Å²) in [6, 6.07) is 8.82. The Balaban J connectivity index is 1.35. The molecule has 0 spiro atoms. The van der Waals surface area contributed by atoms with E-state index in [1.54, 1.807) is 11.3 Å². The van der Waals surface area contributed by atoms with E-state index < -0.39 is 11.6 Å². The zero-order valence-corrected chi connectivity index (χ0v) is 36.3. The zero-order valence-electron chi connectivity index (χ0n) is 32.2. The number of thiophene rings is 4. The Kier molecular flexibility index (Phi) is 11.9. The Hall–Kier alpha value is -2.56. The Morgan fingerprint density at radius 1 is 0.604 bits per heavy atom. The molecule has 2 unspecified atom stereocenters. The van der Waals surface area contributed by atoms with Crippen LogP contribution in [-0.2, 0) is 12.8 Å². The second-order valence-corrected chi connectivity index (χ2v) is 20.4. The predicted octanol–water partition coefficient (Wildman–Crippen LogP) is 16.3. The van der Waals surface area contributed by atoms with Gasteiger partial charge in [-0.1, -0.05) is 66.2 Å². The lowest BCUT2D eigenvalue weighted by Gasteiger charge is -2.16. The summed E-state index contributed by atoms with van der Waals surface area (Å²) in [6.07, 6.45) is 12.1. The van der Waals surface area contributed by atoms with Gasteiger partial charge in [-0.2, -0.15) is 8.75 Å². The molecule has 0 saturated carbocycles. The zero-order chi connectivity index (χ0) is 37.6. The molecule has 0 radical (unpaired) electrons. The fourth-order valence-electron chi connectivity index (χ4n) is 7.77. The Labute approximate surface area is 333 Å². The highest BCUT2D eigenvalue weighted by atomic mass is 32.1. The largest absolute Gasteiger partial charge is 0.203 e. The van der Waals surface area contributed by atoms with E-state index in [2.05, 4.69) is 62.4 Å². The monoisotopic (exact) mass is 804 g/mol. The fraction of sp³-hybridized carbons (Fsp3) is 0.455. The summed E-state index contributed by atoms with van der Waals surface area (Å²) in [7, 11) is 0. The highest BCUT2D eigenvalue weighted by Crippen LogP contribution is 2.50. The summed E-state index contributed by atoms with van der Waals surface area (Å²) >= 11 is 7.89. The molecule has 7 rings (SSSR count). The number of hydrogen-bond donors (Lipinski definition) is 0. The number of halogens is 2. The van der Waals surface area contributed by atoms with Crippen molar-refractivity contribution in [3.8, 4) is 30.6 Å². The van der Waals surface area contributed by atoms with Gasteiger partial charge in [0, 0.05) is 38.7 Å². The summed E-state index contributed by atoms with van der Waals surface area (Å²) in [4.78, 5) is 6.18. The SMILES string of the molecule is CCCCC(C)CCc1c2cc(-c3sc(-c4c(F)c(F)c(-c5cc(C)c(C)s5)c5nsnc45)cc3C)sc2c(CCC(C)CCCC)c2cc(C)sc12. The average molecular weight is 805 g/mol. The van der Waals surface area contributed by atoms with E-state index in [1.807, 2.05) is 48.7 Å². The predicted molar refractivity (Wildman–Crippen MR) is 233 cm³/mol. The molecule has 0 aliphatic carbocycles. The van der Waals surface area contributed by atoms with Crippen molar-refractivity contribution in [3.63, 3.8) is 0 Å². The number of hydrogen-bond acceptors (Lipinski definition) is 7. The molecule has 0 bridgehead atoms. The molecule has 7 aromatic rings. The molecule has 280 valence electrons. The van der Waals surface area contributed by atoms with Crippen LogP contribution in [-0.4, -0.2) is 8.75 Å². The van der Waals surface area contributed by atoms with Crippen LogP contribution in [0, 0.1) is 51.2 Å². The van der Waals surface area contributed by atoms with Crippen LogP contribution in [0.3, 0.4) is 0 Å². The molecule has 0 aliphatic heterocycles. The molecule has 0 N–H and O–H groups in total. The van der Waals surface area contributed by atoms with Crippen molar-refractivity contribution >= 4 is 88.3 Å². The number of unbranched alkanes of at least 4 members (excludes halogenated alkanes) is 2. The molecule has 0 saturated heterocycles. The maximum absolute atomic E-state index is 16.4. The molecule has 9 heteroatoms. The second kappa shape index (κ2) is 16.3. The van der Waals surface area contributed by atoms with Crippen LogP contribution >= 0.6 is 57.1 Å². The average Bonchev–Trinajstić information content (AvgIpc) is 3.97. The first-order valence-electron chi connectivity index (χ1n) is 19.3. The van der Waals surface area contributed by atoms with Gasteiger partial charge in [0.25, 0.3) is 0 Å². The van der Waals surface area contributed by atoms with Crippen LogP contribution in [0.15, 0.2) is 24.3 Å². The van der Waals surface area contributed by atoms with Gasteiger partial charge in [0.05, 0.1) is 22.9 Å². The molecule has 2 aromatic carbocycles. The minimum atomic E-state index is -0.845. The number of aromatic nitrogens is 2. The van der Waals surface area contributed by atoms with E-state index in [9.17, 15) is 0 Å². The van der Waals surface area contributed by atoms with Crippen LogP contribution in [0.4, 0.5) is 8.78 Å². The molecular weight excluding hydrogens is 755 g/mol.